The zero-order chi connectivity index (χ0) is 36.5. The summed E-state index contributed by atoms with van der Waals surface area (Å²) in [6.07, 6.45) is 1.58. The van der Waals surface area contributed by atoms with Crippen molar-refractivity contribution in [1.82, 2.24) is 10.3 Å². The molecule has 0 radical (unpaired) electrons. The Bertz CT molecular complexity index is 2230. The fourth-order valence-corrected chi connectivity index (χ4v) is 7.26. The van der Waals surface area contributed by atoms with Crippen molar-refractivity contribution >= 4 is 80.9 Å². The highest BCUT2D eigenvalue weighted by molar-refractivity contribution is 8.00. The van der Waals surface area contributed by atoms with Crippen molar-refractivity contribution in [3.63, 3.8) is 0 Å². The molecule has 0 fully saturated rings. The van der Waals surface area contributed by atoms with Gasteiger partial charge in [-0.1, -0.05) is 83.9 Å². The minimum Gasteiger partial charge on any atom is -0.497 e. The third-order valence-electron chi connectivity index (χ3n) is 7.58. The fourth-order valence-electron chi connectivity index (χ4n) is 5.02. The molecule has 8 nitrogen and oxygen atoms in total. The van der Waals surface area contributed by atoms with Gasteiger partial charge in [0.15, 0.2) is 5.13 Å². The number of methoxy groups -OCH3 is 1. The molecule has 1 heterocycles. The van der Waals surface area contributed by atoms with E-state index in [4.69, 9.17) is 27.9 Å². The van der Waals surface area contributed by atoms with Crippen molar-refractivity contribution in [2.45, 2.75) is 10.1 Å². The first-order chi connectivity index (χ1) is 25.2. The van der Waals surface area contributed by atoms with Gasteiger partial charge in [-0.15, -0.1) is 23.1 Å². The summed E-state index contributed by atoms with van der Waals surface area (Å²) >= 11 is 15.1. The molecule has 1 unspecified atom stereocenters. The molecule has 0 aliphatic rings. The Balaban J connectivity index is 1.18. The van der Waals surface area contributed by atoms with Gasteiger partial charge in [0.05, 0.1) is 17.8 Å². The van der Waals surface area contributed by atoms with Crippen LogP contribution < -0.4 is 20.7 Å². The molecule has 0 aliphatic heterocycles. The van der Waals surface area contributed by atoms with Gasteiger partial charge in [0.2, 0.25) is 5.91 Å². The molecular weight excluding hydrogens is 736 g/mol. The lowest BCUT2D eigenvalue weighted by Crippen LogP contribution is -2.30. The molecule has 0 saturated carbocycles. The second-order valence-electron chi connectivity index (χ2n) is 11.2. The van der Waals surface area contributed by atoms with E-state index < -0.39 is 17.1 Å². The van der Waals surface area contributed by atoms with Gasteiger partial charge in [-0.25, -0.2) is 4.98 Å². The Labute approximate surface area is 318 Å². The van der Waals surface area contributed by atoms with Gasteiger partial charge in [-0.2, -0.15) is 0 Å². The Hall–Kier alpha value is -5.39. The number of carbonyl (C=O) groups is 3. The minimum absolute atomic E-state index is 0.0463. The second kappa shape index (κ2) is 17.2. The molecule has 0 bridgehead atoms. The van der Waals surface area contributed by atoms with Crippen LogP contribution in [0.3, 0.4) is 0 Å². The van der Waals surface area contributed by atoms with Gasteiger partial charge in [-0.05, 0) is 83.9 Å². The first-order valence-electron chi connectivity index (χ1n) is 15.8. The van der Waals surface area contributed by atoms with Crippen LogP contribution in [0.2, 0.25) is 10.0 Å². The van der Waals surface area contributed by atoms with Crippen LogP contribution in [0, 0.1) is 0 Å². The lowest BCUT2D eigenvalue weighted by atomic mass is 10.1. The number of benzene rings is 5. The average Bonchev–Trinajstić information content (AvgIpc) is 3.62. The summed E-state index contributed by atoms with van der Waals surface area (Å²) in [7, 11) is 1.56. The first kappa shape index (κ1) is 36.4. The van der Waals surface area contributed by atoms with Crippen molar-refractivity contribution < 1.29 is 19.1 Å². The highest BCUT2D eigenvalue weighted by Gasteiger charge is 2.24. The molecule has 0 aliphatic carbocycles. The van der Waals surface area contributed by atoms with Crippen molar-refractivity contribution in [2.75, 3.05) is 17.7 Å². The number of ether oxygens (including phenoxy) is 1. The molecule has 260 valence electrons. The number of nitrogens with one attached hydrogen (secondary N) is 3. The van der Waals surface area contributed by atoms with Crippen molar-refractivity contribution in [3.8, 4) is 17.0 Å². The predicted molar refractivity (Wildman–Crippen MR) is 211 cm³/mol. The van der Waals surface area contributed by atoms with Crippen molar-refractivity contribution in [1.29, 1.82) is 0 Å². The normalized spacial score (nSPS) is 11.7. The van der Waals surface area contributed by atoms with E-state index >= 15 is 0 Å². The summed E-state index contributed by atoms with van der Waals surface area (Å²) in [6, 6.07) is 37.5. The van der Waals surface area contributed by atoms with Gasteiger partial charge < -0.3 is 20.7 Å². The maximum atomic E-state index is 13.7. The number of halogens is 2. The van der Waals surface area contributed by atoms with E-state index in [9.17, 15) is 14.4 Å². The zero-order valence-electron chi connectivity index (χ0n) is 27.5. The molecule has 0 saturated heterocycles. The highest BCUT2D eigenvalue weighted by Crippen LogP contribution is 2.38. The van der Waals surface area contributed by atoms with Crippen LogP contribution in [0.4, 0.5) is 10.8 Å². The van der Waals surface area contributed by atoms with Crippen LogP contribution in [0.5, 0.6) is 5.75 Å². The van der Waals surface area contributed by atoms with E-state index in [-0.39, 0.29) is 11.6 Å². The third-order valence-corrected chi connectivity index (χ3v) is 10.2. The number of nitrogens with zero attached hydrogens (tertiary/aromatic N) is 1. The molecule has 3 N–H and O–H groups in total. The van der Waals surface area contributed by atoms with Crippen LogP contribution in [0.1, 0.15) is 26.7 Å². The molecule has 1 atom stereocenters. The van der Waals surface area contributed by atoms with Crippen molar-refractivity contribution in [2.24, 2.45) is 0 Å². The van der Waals surface area contributed by atoms with E-state index in [1.807, 2.05) is 53.9 Å². The van der Waals surface area contributed by atoms with Gasteiger partial charge in [-0.3, -0.25) is 14.4 Å². The standard InChI is InChI=1S/C40H30Cl2N4O4S2/c1-50-30-14-8-9-25(21-30)22-34(44-37(47)27-12-6-3-7-13-27)38(48)43-29-16-18-31(19-17-29)52-36(26-10-4-2-5-11-26)39(49)46-40-45-35(24-51-40)32-20-15-28(41)23-33(32)42/h2-24,36H,1H3,(H,43,48)(H,44,47)(H,45,46,49)/b34-22-. The third kappa shape index (κ3) is 9.48. The molecule has 6 rings (SSSR count). The maximum Gasteiger partial charge on any atom is 0.272 e. The largest absolute Gasteiger partial charge is 0.497 e. The summed E-state index contributed by atoms with van der Waals surface area (Å²) in [5.41, 5.74) is 3.77. The van der Waals surface area contributed by atoms with Gasteiger partial charge >= 0.3 is 0 Å². The second-order valence-corrected chi connectivity index (χ2v) is 14.1. The summed E-state index contributed by atoms with van der Waals surface area (Å²) in [5.74, 6) is -0.586. The van der Waals surface area contributed by atoms with Crippen LogP contribution in [0.15, 0.2) is 143 Å². The Morgan fingerprint density at radius 3 is 2.27 bits per heavy atom. The van der Waals surface area contributed by atoms with Crippen LogP contribution in [0.25, 0.3) is 17.3 Å². The average molecular weight is 766 g/mol. The Morgan fingerprint density at radius 2 is 1.56 bits per heavy atom. The zero-order valence-corrected chi connectivity index (χ0v) is 30.7. The number of thiazole rings is 1. The number of anilines is 2. The van der Waals surface area contributed by atoms with E-state index in [1.165, 1.54) is 23.1 Å². The van der Waals surface area contributed by atoms with E-state index in [1.54, 1.807) is 92.0 Å². The summed E-state index contributed by atoms with van der Waals surface area (Å²) < 4.78 is 5.32. The van der Waals surface area contributed by atoms with Crippen molar-refractivity contribution in [3.05, 3.63) is 165 Å². The summed E-state index contributed by atoms with van der Waals surface area (Å²) in [6.45, 7) is 0. The lowest BCUT2D eigenvalue weighted by Gasteiger charge is -2.17. The SMILES string of the molecule is COc1cccc(/C=C(\NC(=O)c2ccccc2)C(=O)Nc2ccc(SC(C(=O)Nc3nc(-c4ccc(Cl)cc4Cl)cs3)c3ccccc3)cc2)c1. The van der Waals surface area contributed by atoms with Crippen LogP contribution >= 0.6 is 46.3 Å². The molecule has 5 aromatic carbocycles. The van der Waals surface area contributed by atoms with E-state index in [0.717, 1.165) is 10.5 Å². The van der Waals surface area contributed by atoms with Gasteiger partial charge in [0.25, 0.3) is 11.8 Å². The monoisotopic (exact) mass is 764 g/mol. The number of hydrogen-bond acceptors (Lipinski definition) is 7. The molecular formula is C40H30Cl2N4O4S2. The number of aromatic nitrogens is 1. The summed E-state index contributed by atoms with van der Waals surface area (Å²) in [5, 5.41) is 11.2. The van der Waals surface area contributed by atoms with Crippen LogP contribution in [-0.4, -0.2) is 29.8 Å². The summed E-state index contributed by atoms with van der Waals surface area (Å²) in [4.78, 5) is 45.7. The first-order valence-corrected chi connectivity index (χ1v) is 18.3. The molecule has 1 aromatic heterocycles. The van der Waals surface area contributed by atoms with Crippen LogP contribution in [-0.2, 0) is 9.59 Å². The van der Waals surface area contributed by atoms with Gasteiger partial charge in [0.1, 0.15) is 16.7 Å². The Kier molecular flexibility index (Phi) is 12.1. The molecule has 0 spiro atoms. The molecule has 12 heteroatoms. The smallest absolute Gasteiger partial charge is 0.272 e. The number of rotatable bonds is 12. The van der Waals surface area contributed by atoms with E-state index in [0.29, 0.717) is 49.0 Å². The maximum absolute atomic E-state index is 13.7. The highest BCUT2D eigenvalue weighted by atomic mass is 35.5. The van der Waals surface area contributed by atoms with E-state index in [2.05, 4.69) is 20.9 Å². The number of thioether (sulfide) groups is 1. The number of amides is 3. The Morgan fingerprint density at radius 1 is 0.827 bits per heavy atom. The molecule has 52 heavy (non-hydrogen) atoms. The molecule has 6 aromatic rings. The fraction of sp³-hybridized carbons (Fsp3) is 0.0500. The predicted octanol–water partition coefficient (Wildman–Crippen LogP) is 10.0. The van der Waals surface area contributed by atoms with Gasteiger partial charge in [0, 0.05) is 32.1 Å². The number of hydrogen-bond donors (Lipinski definition) is 3. The topological polar surface area (TPSA) is 109 Å². The lowest BCUT2D eigenvalue weighted by molar-refractivity contribution is -0.116. The number of carbonyl (C=O) groups excluding carboxylic acids is 3. The molecule has 3 amide bonds. The minimum atomic E-state index is -0.612. The quantitative estimate of drug-likeness (QED) is 0.0846.